The fourth-order valence-corrected chi connectivity index (χ4v) is 3.10. The highest BCUT2D eigenvalue weighted by atomic mass is 19.1. The van der Waals surface area contributed by atoms with E-state index in [-0.39, 0.29) is 29.9 Å². The minimum Gasteiger partial charge on any atom is -0.456 e. The predicted octanol–water partition coefficient (Wildman–Crippen LogP) is 2.17. The minimum atomic E-state index is -0.495. The molecule has 1 fully saturated rings. The summed E-state index contributed by atoms with van der Waals surface area (Å²) in [5.41, 5.74) is 0.713. The van der Waals surface area contributed by atoms with Crippen LogP contribution in [0.3, 0.4) is 0 Å². The van der Waals surface area contributed by atoms with E-state index in [0.717, 1.165) is 0 Å². The molecule has 1 saturated heterocycles. The topological polar surface area (TPSA) is 71.8 Å². The van der Waals surface area contributed by atoms with Gasteiger partial charge in [-0.3, -0.25) is 9.59 Å². The van der Waals surface area contributed by atoms with Gasteiger partial charge >= 0.3 is 0 Å². The maximum absolute atomic E-state index is 13.5. The van der Waals surface area contributed by atoms with Gasteiger partial charge in [-0.15, -0.1) is 0 Å². The number of ether oxygens (including phenoxy) is 1. The fraction of sp³-hybridized carbons (Fsp3) is 0.400. The monoisotopic (exact) mass is 374 g/mol. The number of nitrogens with zero attached hydrogens (tertiary/aromatic N) is 1. The number of carbonyl (C=O) groups is 2. The lowest BCUT2D eigenvalue weighted by molar-refractivity contribution is -0.139. The summed E-state index contributed by atoms with van der Waals surface area (Å²) in [6, 6.07) is 9.47. The molecule has 2 heterocycles. The smallest absolute Gasteiger partial charge is 0.287 e. The van der Waals surface area contributed by atoms with Crippen molar-refractivity contribution in [3.05, 3.63) is 59.3 Å². The van der Waals surface area contributed by atoms with Crippen LogP contribution >= 0.6 is 0 Å². The second kappa shape index (κ2) is 8.81. The van der Waals surface area contributed by atoms with E-state index in [4.69, 9.17) is 9.15 Å². The van der Waals surface area contributed by atoms with Crippen molar-refractivity contribution in [2.45, 2.75) is 13.3 Å². The molecule has 0 spiro atoms. The van der Waals surface area contributed by atoms with Crippen molar-refractivity contribution in [1.29, 1.82) is 0 Å². The summed E-state index contributed by atoms with van der Waals surface area (Å²) in [7, 11) is 0. The maximum Gasteiger partial charge on any atom is 0.287 e. The number of hydrogen-bond acceptors (Lipinski definition) is 4. The first-order valence-corrected chi connectivity index (χ1v) is 8.98. The minimum absolute atomic E-state index is 0.0708. The van der Waals surface area contributed by atoms with E-state index in [1.807, 2.05) is 0 Å². The molecule has 0 unspecified atom stereocenters. The van der Waals surface area contributed by atoms with Gasteiger partial charge in [-0.05, 0) is 43.2 Å². The van der Waals surface area contributed by atoms with Crippen molar-refractivity contribution in [2.75, 3.05) is 32.8 Å². The van der Waals surface area contributed by atoms with Crippen LogP contribution in [-0.2, 0) is 16.0 Å². The third-order valence-electron chi connectivity index (χ3n) is 4.52. The molecule has 27 heavy (non-hydrogen) atoms. The Hall–Kier alpha value is -2.67. The zero-order valence-corrected chi connectivity index (χ0v) is 15.2. The van der Waals surface area contributed by atoms with E-state index >= 15 is 0 Å². The van der Waals surface area contributed by atoms with Gasteiger partial charge in [0.05, 0.1) is 19.1 Å². The van der Waals surface area contributed by atoms with Gasteiger partial charge in [0.15, 0.2) is 5.76 Å². The van der Waals surface area contributed by atoms with Crippen molar-refractivity contribution in [2.24, 2.45) is 5.92 Å². The van der Waals surface area contributed by atoms with E-state index in [9.17, 15) is 14.0 Å². The lowest BCUT2D eigenvalue weighted by atomic mass is 9.97. The van der Waals surface area contributed by atoms with Crippen molar-refractivity contribution < 1.29 is 23.1 Å². The molecular weight excluding hydrogens is 351 g/mol. The summed E-state index contributed by atoms with van der Waals surface area (Å²) in [5, 5.41) is 2.76. The average molecular weight is 374 g/mol. The number of morpholine rings is 1. The van der Waals surface area contributed by atoms with Gasteiger partial charge in [-0.2, -0.15) is 0 Å². The van der Waals surface area contributed by atoms with Gasteiger partial charge in [0.2, 0.25) is 5.91 Å². The van der Waals surface area contributed by atoms with E-state index in [1.54, 1.807) is 36.1 Å². The molecule has 2 amide bonds. The van der Waals surface area contributed by atoms with Crippen LogP contribution in [0, 0.1) is 18.7 Å². The summed E-state index contributed by atoms with van der Waals surface area (Å²) >= 11 is 0. The predicted molar refractivity (Wildman–Crippen MR) is 96.8 cm³/mol. The Morgan fingerprint density at radius 2 is 2.00 bits per heavy atom. The van der Waals surface area contributed by atoms with Crippen LogP contribution in [0.1, 0.15) is 21.9 Å². The number of furan rings is 1. The van der Waals surface area contributed by atoms with Gasteiger partial charge in [-0.1, -0.05) is 12.1 Å². The van der Waals surface area contributed by atoms with Crippen molar-refractivity contribution in [3.8, 4) is 0 Å². The first-order chi connectivity index (χ1) is 13.0. The summed E-state index contributed by atoms with van der Waals surface area (Å²) in [6.45, 7) is 3.93. The molecule has 0 aliphatic carbocycles. The third kappa shape index (κ3) is 5.17. The second-order valence-corrected chi connectivity index (χ2v) is 6.59. The maximum atomic E-state index is 13.5. The molecule has 3 rings (SSSR count). The first-order valence-electron chi connectivity index (χ1n) is 8.98. The molecule has 6 nitrogen and oxygen atoms in total. The van der Waals surface area contributed by atoms with Gasteiger partial charge in [0.25, 0.3) is 5.91 Å². The fourth-order valence-electron chi connectivity index (χ4n) is 3.10. The van der Waals surface area contributed by atoms with Gasteiger partial charge in [0, 0.05) is 19.6 Å². The van der Waals surface area contributed by atoms with E-state index in [2.05, 4.69) is 5.32 Å². The molecule has 1 atom stereocenters. The number of nitrogens with one attached hydrogen (secondary N) is 1. The number of halogens is 1. The van der Waals surface area contributed by atoms with Crippen LogP contribution in [0.15, 0.2) is 40.8 Å². The number of rotatable bonds is 6. The second-order valence-electron chi connectivity index (χ2n) is 6.59. The quantitative estimate of drug-likeness (QED) is 0.841. The van der Waals surface area contributed by atoms with E-state index < -0.39 is 5.92 Å². The molecule has 1 aromatic heterocycles. The molecule has 1 aromatic carbocycles. The van der Waals surface area contributed by atoms with Crippen LogP contribution in [0.25, 0.3) is 0 Å². The highest BCUT2D eigenvalue weighted by Crippen LogP contribution is 2.15. The standard InChI is InChI=1S/C20H23FN2O4/c1-14-5-6-18(27-14)19(24)22-13-16(11-15-3-2-4-17(21)12-15)20(25)23-7-9-26-10-8-23/h2-6,12,16H,7-11,13H2,1H3,(H,22,24)/t16-/m1/s1. The summed E-state index contributed by atoms with van der Waals surface area (Å²) in [4.78, 5) is 26.9. The van der Waals surface area contributed by atoms with Gasteiger partial charge in [-0.25, -0.2) is 4.39 Å². The van der Waals surface area contributed by atoms with E-state index in [0.29, 0.717) is 44.0 Å². The number of carbonyl (C=O) groups excluding carboxylic acids is 2. The number of benzene rings is 1. The summed E-state index contributed by atoms with van der Waals surface area (Å²) in [5.74, 6) is -0.442. The van der Waals surface area contributed by atoms with Gasteiger partial charge < -0.3 is 19.4 Å². The number of amides is 2. The van der Waals surface area contributed by atoms with Crippen LogP contribution in [0.5, 0.6) is 0 Å². The summed E-state index contributed by atoms with van der Waals surface area (Å²) < 4.78 is 24.1. The van der Waals surface area contributed by atoms with Crippen molar-refractivity contribution in [3.63, 3.8) is 0 Å². The number of hydrogen-bond donors (Lipinski definition) is 1. The van der Waals surface area contributed by atoms with Crippen LogP contribution in [-0.4, -0.2) is 49.6 Å². The molecule has 0 bridgehead atoms. The highest BCUT2D eigenvalue weighted by molar-refractivity contribution is 5.92. The van der Waals surface area contributed by atoms with Crippen LogP contribution < -0.4 is 5.32 Å². The number of aryl methyl sites for hydroxylation is 1. The van der Waals surface area contributed by atoms with Crippen molar-refractivity contribution >= 4 is 11.8 Å². The largest absolute Gasteiger partial charge is 0.456 e. The zero-order valence-electron chi connectivity index (χ0n) is 15.2. The van der Waals surface area contributed by atoms with Crippen LogP contribution in [0.2, 0.25) is 0 Å². The molecule has 1 N–H and O–H groups in total. The lowest BCUT2D eigenvalue weighted by Crippen LogP contribution is -2.47. The highest BCUT2D eigenvalue weighted by Gasteiger charge is 2.27. The Morgan fingerprint density at radius 1 is 1.22 bits per heavy atom. The third-order valence-corrected chi connectivity index (χ3v) is 4.52. The SMILES string of the molecule is Cc1ccc(C(=O)NC[C@@H](Cc2cccc(F)c2)C(=O)N2CCOCC2)o1. The molecular formula is C20H23FN2O4. The lowest BCUT2D eigenvalue weighted by Gasteiger charge is -2.30. The van der Waals surface area contributed by atoms with Crippen molar-refractivity contribution in [1.82, 2.24) is 10.2 Å². The molecule has 0 radical (unpaired) electrons. The Bertz CT molecular complexity index is 799. The Balaban J connectivity index is 1.70. The molecule has 7 heteroatoms. The molecule has 144 valence electrons. The molecule has 2 aromatic rings. The first kappa shape index (κ1) is 19.1. The normalized spacial score (nSPS) is 15.4. The Kier molecular flexibility index (Phi) is 6.24. The summed E-state index contributed by atoms with van der Waals surface area (Å²) in [6.07, 6.45) is 0.339. The average Bonchev–Trinajstić information content (AvgIpc) is 3.11. The van der Waals surface area contributed by atoms with Crippen LogP contribution in [0.4, 0.5) is 4.39 Å². The molecule has 1 aliphatic rings. The molecule has 1 aliphatic heterocycles. The Morgan fingerprint density at radius 3 is 2.67 bits per heavy atom. The zero-order chi connectivity index (χ0) is 19.2. The molecule has 0 saturated carbocycles. The van der Waals surface area contributed by atoms with Gasteiger partial charge in [0.1, 0.15) is 11.6 Å². The van der Waals surface area contributed by atoms with E-state index in [1.165, 1.54) is 12.1 Å². The Labute approximate surface area is 157 Å².